The van der Waals surface area contributed by atoms with Crippen LogP contribution in [0.1, 0.15) is 23.7 Å². The molecule has 0 aromatic heterocycles. The predicted molar refractivity (Wildman–Crippen MR) is 121 cm³/mol. The molecule has 0 atom stereocenters. The number of halogens is 1. The summed E-state index contributed by atoms with van der Waals surface area (Å²) in [4.78, 5) is 24.4. The number of carbonyl (C=O) groups excluding carboxylic acids is 2. The lowest BCUT2D eigenvalue weighted by Gasteiger charge is -2.13. The third kappa shape index (κ3) is 6.76. The van der Waals surface area contributed by atoms with Crippen LogP contribution in [0, 0.1) is 0 Å². The minimum absolute atomic E-state index is 0.122. The van der Waals surface area contributed by atoms with Crippen molar-refractivity contribution < 1.29 is 19.1 Å². The van der Waals surface area contributed by atoms with E-state index in [1.807, 2.05) is 31.2 Å². The Labute approximate surface area is 186 Å². The van der Waals surface area contributed by atoms with Crippen LogP contribution in [0.15, 0.2) is 72.8 Å². The first-order valence-electron chi connectivity index (χ1n) is 9.88. The van der Waals surface area contributed by atoms with Gasteiger partial charge in [0.05, 0.1) is 12.3 Å². The molecule has 0 radical (unpaired) electrons. The standard InChI is InChI=1S/C24H23ClN2O4/c1-2-30-19-11-13-20(14-12-19)31-22-6-4-3-5-21(22)27-23(28)15-16-26-24(29)17-7-9-18(25)10-8-17/h3-14H,2,15-16H2,1H3,(H,26,29)(H,27,28). The van der Waals surface area contributed by atoms with Gasteiger partial charge in [0.25, 0.3) is 5.91 Å². The maximum Gasteiger partial charge on any atom is 0.251 e. The van der Waals surface area contributed by atoms with Gasteiger partial charge in [-0.25, -0.2) is 0 Å². The van der Waals surface area contributed by atoms with Gasteiger partial charge in [-0.05, 0) is 67.6 Å². The van der Waals surface area contributed by atoms with Crippen LogP contribution in [0.2, 0.25) is 5.02 Å². The van der Waals surface area contributed by atoms with Crippen molar-refractivity contribution in [2.75, 3.05) is 18.5 Å². The van der Waals surface area contributed by atoms with Gasteiger partial charge in [0, 0.05) is 23.6 Å². The highest BCUT2D eigenvalue weighted by atomic mass is 35.5. The number of ether oxygens (including phenoxy) is 2. The normalized spacial score (nSPS) is 10.3. The number of hydrogen-bond acceptors (Lipinski definition) is 4. The Morgan fingerprint density at radius 2 is 1.58 bits per heavy atom. The Morgan fingerprint density at radius 1 is 0.903 bits per heavy atom. The first kappa shape index (κ1) is 22.2. The van der Waals surface area contributed by atoms with Gasteiger partial charge in [0.1, 0.15) is 11.5 Å². The third-order valence-corrected chi connectivity index (χ3v) is 4.52. The Bertz CT molecular complexity index is 1020. The minimum Gasteiger partial charge on any atom is -0.494 e. The summed E-state index contributed by atoms with van der Waals surface area (Å²) in [5.41, 5.74) is 1.03. The van der Waals surface area contributed by atoms with E-state index < -0.39 is 0 Å². The van der Waals surface area contributed by atoms with Gasteiger partial charge >= 0.3 is 0 Å². The molecular weight excluding hydrogens is 416 g/mol. The number of para-hydroxylation sites is 2. The zero-order valence-electron chi connectivity index (χ0n) is 17.1. The van der Waals surface area contributed by atoms with Crippen molar-refractivity contribution in [1.82, 2.24) is 5.32 Å². The van der Waals surface area contributed by atoms with Gasteiger partial charge < -0.3 is 20.1 Å². The van der Waals surface area contributed by atoms with Crippen LogP contribution < -0.4 is 20.1 Å². The fourth-order valence-electron chi connectivity index (χ4n) is 2.76. The Hall–Kier alpha value is -3.51. The van der Waals surface area contributed by atoms with Gasteiger partial charge in [-0.1, -0.05) is 23.7 Å². The van der Waals surface area contributed by atoms with E-state index in [0.29, 0.717) is 34.4 Å². The molecule has 0 aliphatic heterocycles. The molecule has 2 amide bonds. The molecule has 0 aliphatic carbocycles. The second-order valence-electron chi connectivity index (χ2n) is 6.56. The summed E-state index contributed by atoms with van der Waals surface area (Å²) in [6, 6.07) is 21.0. The molecule has 0 aliphatic rings. The van der Waals surface area contributed by atoms with Crippen LogP contribution in [-0.2, 0) is 4.79 Å². The minimum atomic E-state index is -0.260. The summed E-state index contributed by atoms with van der Waals surface area (Å²) in [7, 11) is 0. The molecule has 0 spiro atoms. The predicted octanol–water partition coefficient (Wildman–Crippen LogP) is 5.29. The third-order valence-electron chi connectivity index (χ3n) is 4.27. The van der Waals surface area contributed by atoms with E-state index in [9.17, 15) is 9.59 Å². The van der Waals surface area contributed by atoms with E-state index in [1.54, 1.807) is 48.5 Å². The van der Waals surface area contributed by atoms with Crippen molar-refractivity contribution in [1.29, 1.82) is 0 Å². The molecular formula is C24H23ClN2O4. The molecule has 0 heterocycles. The Morgan fingerprint density at radius 3 is 2.29 bits per heavy atom. The molecule has 6 nitrogen and oxygen atoms in total. The van der Waals surface area contributed by atoms with Gasteiger partial charge in [-0.3, -0.25) is 9.59 Å². The van der Waals surface area contributed by atoms with Gasteiger partial charge in [-0.15, -0.1) is 0 Å². The highest BCUT2D eigenvalue weighted by Crippen LogP contribution is 2.30. The average molecular weight is 439 g/mol. The quantitative estimate of drug-likeness (QED) is 0.476. The lowest BCUT2D eigenvalue weighted by molar-refractivity contribution is -0.116. The summed E-state index contributed by atoms with van der Waals surface area (Å²) in [5.74, 6) is 1.41. The summed E-state index contributed by atoms with van der Waals surface area (Å²) < 4.78 is 11.3. The number of anilines is 1. The van der Waals surface area contributed by atoms with Crippen molar-refractivity contribution in [2.45, 2.75) is 13.3 Å². The highest BCUT2D eigenvalue weighted by molar-refractivity contribution is 6.30. The largest absolute Gasteiger partial charge is 0.494 e. The van der Waals surface area contributed by atoms with Gasteiger partial charge in [-0.2, -0.15) is 0 Å². The van der Waals surface area contributed by atoms with Crippen LogP contribution in [-0.4, -0.2) is 25.0 Å². The molecule has 3 aromatic carbocycles. The first-order chi connectivity index (χ1) is 15.0. The number of nitrogens with one attached hydrogen (secondary N) is 2. The molecule has 2 N–H and O–H groups in total. The highest BCUT2D eigenvalue weighted by Gasteiger charge is 2.10. The second-order valence-corrected chi connectivity index (χ2v) is 7.00. The van der Waals surface area contributed by atoms with Crippen LogP contribution in [0.4, 0.5) is 5.69 Å². The molecule has 0 unspecified atom stereocenters. The van der Waals surface area contributed by atoms with Crippen LogP contribution in [0.25, 0.3) is 0 Å². The SMILES string of the molecule is CCOc1ccc(Oc2ccccc2NC(=O)CCNC(=O)c2ccc(Cl)cc2)cc1. The van der Waals surface area contributed by atoms with Gasteiger partial charge in [0.2, 0.25) is 5.91 Å². The van der Waals surface area contributed by atoms with Crippen molar-refractivity contribution in [2.24, 2.45) is 0 Å². The van der Waals surface area contributed by atoms with E-state index in [4.69, 9.17) is 21.1 Å². The number of hydrogen-bond donors (Lipinski definition) is 2. The zero-order chi connectivity index (χ0) is 22.1. The van der Waals surface area contributed by atoms with Crippen molar-refractivity contribution in [3.05, 3.63) is 83.4 Å². The van der Waals surface area contributed by atoms with Crippen molar-refractivity contribution >= 4 is 29.1 Å². The lowest BCUT2D eigenvalue weighted by Crippen LogP contribution is -2.27. The van der Waals surface area contributed by atoms with Crippen LogP contribution >= 0.6 is 11.6 Å². The van der Waals surface area contributed by atoms with E-state index in [2.05, 4.69) is 10.6 Å². The van der Waals surface area contributed by atoms with E-state index >= 15 is 0 Å². The topological polar surface area (TPSA) is 76.7 Å². The maximum absolute atomic E-state index is 12.3. The molecule has 0 saturated carbocycles. The van der Waals surface area contributed by atoms with Crippen LogP contribution in [0.3, 0.4) is 0 Å². The monoisotopic (exact) mass is 438 g/mol. The molecule has 0 saturated heterocycles. The molecule has 3 rings (SSSR count). The summed E-state index contributed by atoms with van der Waals surface area (Å²) in [6.07, 6.45) is 0.122. The van der Waals surface area contributed by atoms with E-state index in [-0.39, 0.29) is 24.8 Å². The summed E-state index contributed by atoms with van der Waals surface area (Å²) in [5, 5.41) is 6.10. The van der Waals surface area contributed by atoms with E-state index in [1.165, 1.54) is 0 Å². The first-order valence-corrected chi connectivity index (χ1v) is 10.3. The maximum atomic E-state index is 12.3. The molecule has 31 heavy (non-hydrogen) atoms. The second kappa shape index (κ2) is 11.0. The molecule has 0 fully saturated rings. The number of amides is 2. The van der Waals surface area contributed by atoms with Gasteiger partial charge in [0.15, 0.2) is 5.75 Å². The number of rotatable bonds is 9. The average Bonchev–Trinajstić information content (AvgIpc) is 2.77. The Kier molecular flexibility index (Phi) is 7.90. The smallest absolute Gasteiger partial charge is 0.251 e. The van der Waals surface area contributed by atoms with Crippen molar-refractivity contribution in [3.8, 4) is 17.2 Å². The summed E-state index contributed by atoms with van der Waals surface area (Å²) >= 11 is 5.82. The number of carbonyl (C=O) groups is 2. The number of benzene rings is 3. The lowest BCUT2D eigenvalue weighted by atomic mass is 10.2. The molecule has 3 aromatic rings. The zero-order valence-corrected chi connectivity index (χ0v) is 17.8. The summed E-state index contributed by atoms with van der Waals surface area (Å²) in [6.45, 7) is 2.72. The van der Waals surface area contributed by atoms with Crippen molar-refractivity contribution in [3.63, 3.8) is 0 Å². The molecule has 0 bridgehead atoms. The molecule has 7 heteroatoms. The van der Waals surface area contributed by atoms with E-state index in [0.717, 1.165) is 5.75 Å². The van der Waals surface area contributed by atoms with Crippen LogP contribution in [0.5, 0.6) is 17.2 Å². The Balaban J connectivity index is 1.53. The fraction of sp³-hybridized carbons (Fsp3) is 0.167. The molecule has 160 valence electrons. The fourth-order valence-corrected chi connectivity index (χ4v) is 2.89.